The molecule has 0 spiro atoms. The Labute approximate surface area is 95.9 Å². The van der Waals surface area contributed by atoms with Crippen LogP contribution in [0.1, 0.15) is 0 Å². The Hall–Kier alpha value is 3.10. The second kappa shape index (κ2) is 16.5. The van der Waals surface area contributed by atoms with Crippen LogP contribution in [0.2, 0.25) is 0 Å². The van der Waals surface area contributed by atoms with Gasteiger partial charge in [-0.15, -0.1) is 0 Å². The fourth-order valence-electron chi connectivity index (χ4n) is 0. The predicted octanol–water partition coefficient (Wildman–Crippen LogP) is -1.52. The molecule has 0 heterocycles. The monoisotopic (exact) mass is 317 g/mol. The first-order chi connectivity index (χ1) is 0. The minimum Gasteiger partial charge on any atom is 0 e. The molecule has 0 amide bonds. The van der Waals surface area contributed by atoms with Crippen LogP contribution in [0.3, 0.4) is 0 Å². The second-order valence-electron chi connectivity index (χ2n) is 0. The van der Waals surface area contributed by atoms with Crippen LogP contribution < -0.4 is 0 Å². The van der Waals surface area contributed by atoms with E-state index < -0.39 is 0 Å². The van der Waals surface area contributed by atoms with E-state index in [1.54, 1.807) is 0 Å². The van der Waals surface area contributed by atoms with Gasteiger partial charge in [0.1, 0.15) is 0 Å². The first-order valence-electron chi connectivity index (χ1n) is 0. The van der Waals surface area contributed by atoms with E-state index in [2.05, 4.69) is 0 Å². The van der Waals surface area contributed by atoms with Crippen molar-refractivity contribution in [3.63, 3.8) is 0 Å². The predicted molar refractivity (Wildman–Crippen MR) is 23.0 cm³/mol. The van der Waals surface area contributed by atoms with Gasteiger partial charge < -0.3 is 0 Å². The van der Waals surface area contributed by atoms with E-state index in [0.29, 0.717) is 0 Å². The largest absolute Gasteiger partial charge is 0 e. The quantitative estimate of drug-likeness (QED) is 0.477. The molecule has 0 nitrogen and oxygen atoms in total. The summed E-state index contributed by atoms with van der Waals surface area (Å²) in [6.07, 6.45) is 0. The molecule has 0 saturated carbocycles. The molecule has 4 heteroatoms. The van der Waals surface area contributed by atoms with E-state index >= 15 is 0 Å². The van der Waals surface area contributed by atoms with E-state index in [1.165, 1.54) is 0 Å². The smallest absolute Gasteiger partial charge is 0 e. The van der Waals surface area contributed by atoms with Crippen LogP contribution in [-0.4, -0.2) is 98.1 Å². The van der Waals surface area contributed by atoms with E-state index in [4.69, 9.17) is 0 Å². The molecule has 0 aliphatic carbocycles. The molecule has 0 saturated heterocycles. The van der Waals surface area contributed by atoms with Crippen molar-refractivity contribution in [2.24, 2.45) is 0 Å². The molecule has 0 aromatic rings. The molecular formula is AsGeSeSr. The Balaban J connectivity index is 0. The second-order valence-corrected chi connectivity index (χ2v) is 0. The Bertz CT molecular complexity index is 8.00. The maximum Gasteiger partial charge on any atom is 0 e. The van der Waals surface area contributed by atoms with Crippen LogP contribution in [0.15, 0.2) is 0 Å². The van der Waals surface area contributed by atoms with Crippen molar-refractivity contribution in [1.82, 2.24) is 0 Å². The number of hydrogen-bond acceptors (Lipinski definition) is 0. The topological polar surface area (TPSA) is 0 Å². The van der Waals surface area contributed by atoms with E-state index in [0.717, 1.165) is 0 Å². The van der Waals surface area contributed by atoms with Crippen molar-refractivity contribution >= 4 is 98.1 Å². The average Bonchev–Trinajstić information content (AvgIpc) is 0. The molecular weight excluding hydrogens is 314 g/mol. The van der Waals surface area contributed by atoms with Gasteiger partial charge in [0.05, 0.1) is 0 Å². The van der Waals surface area contributed by atoms with Gasteiger partial charge >= 0.3 is 0 Å². The van der Waals surface area contributed by atoms with Gasteiger partial charge in [0.15, 0.2) is 0 Å². The third-order valence-corrected chi connectivity index (χ3v) is 0. The minimum absolute atomic E-state index is 0. The summed E-state index contributed by atoms with van der Waals surface area (Å²) in [5, 5.41) is 0. The molecule has 0 rings (SSSR count). The van der Waals surface area contributed by atoms with E-state index in [9.17, 15) is 0 Å². The summed E-state index contributed by atoms with van der Waals surface area (Å²) < 4.78 is 0. The molecule has 0 fully saturated rings. The van der Waals surface area contributed by atoms with Gasteiger partial charge in [-0.05, 0) is 0 Å². The average molecular weight is 314 g/mol. The minimum atomic E-state index is 0. The maximum atomic E-state index is 0. The van der Waals surface area contributed by atoms with Crippen LogP contribution in [0.4, 0.5) is 0 Å². The van der Waals surface area contributed by atoms with E-state index in [1.807, 2.05) is 0 Å². The Kier molecular flexibility index (Phi) is 113. The summed E-state index contributed by atoms with van der Waals surface area (Å²) in [7, 11) is 0. The Morgan fingerprint density at radius 3 is 1.00 bits per heavy atom. The zero-order valence-corrected chi connectivity index (χ0v) is 11.2. The standard InChI is InChI=1S/As.Ge.Se.Sr. The normalized spacial score (nSPS) is 0. The summed E-state index contributed by atoms with van der Waals surface area (Å²) in [5.74, 6) is 0. The summed E-state index contributed by atoms with van der Waals surface area (Å²) in [4.78, 5) is 0. The van der Waals surface area contributed by atoms with E-state index in [-0.39, 0.29) is 98.1 Å². The molecule has 11 radical (unpaired) electrons. The van der Waals surface area contributed by atoms with Crippen LogP contribution >= 0.6 is 0 Å². The third kappa shape index (κ3) is 8.92. The third-order valence-electron chi connectivity index (χ3n) is 0. The molecule has 0 bridgehead atoms. The zero-order valence-electron chi connectivity index (χ0n) is 2.06. The zero-order chi connectivity index (χ0) is 0. The van der Waals surface area contributed by atoms with Crippen LogP contribution in [-0.2, 0) is 0 Å². The Morgan fingerprint density at radius 2 is 1.00 bits per heavy atom. The Morgan fingerprint density at radius 1 is 1.00 bits per heavy atom. The molecule has 4 heavy (non-hydrogen) atoms. The maximum absolute atomic E-state index is 0. The van der Waals surface area contributed by atoms with Crippen molar-refractivity contribution in [2.75, 3.05) is 0 Å². The van der Waals surface area contributed by atoms with Gasteiger partial charge in [-0.25, -0.2) is 0 Å². The first kappa shape index (κ1) is 27.5. The fraction of sp³-hybridized carbons (Fsp3) is 0. The molecule has 0 aromatic heterocycles. The van der Waals surface area contributed by atoms with Crippen molar-refractivity contribution < 1.29 is 0 Å². The molecule has 0 aliphatic rings. The summed E-state index contributed by atoms with van der Waals surface area (Å²) in [5.41, 5.74) is 0. The first-order valence-corrected chi connectivity index (χ1v) is 0. The van der Waals surface area contributed by atoms with Gasteiger partial charge in [-0.1, -0.05) is 0 Å². The molecule has 17 valence electrons. The van der Waals surface area contributed by atoms with Gasteiger partial charge in [0, 0.05) is 98.1 Å². The molecule has 0 aromatic carbocycles. The van der Waals surface area contributed by atoms with Gasteiger partial charge in [-0.2, -0.15) is 0 Å². The molecule has 0 N–H and O–H groups in total. The molecule has 0 unspecified atom stereocenters. The molecule has 0 aliphatic heterocycles. The van der Waals surface area contributed by atoms with Crippen LogP contribution in [0.5, 0.6) is 0 Å². The fourth-order valence-corrected chi connectivity index (χ4v) is 0. The van der Waals surface area contributed by atoms with Crippen molar-refractivity contribution in [3.05, 3.63) is 0 Å². The van der Waals surface area contributed by atoms with Gasteiger partial charge in [-0.3, -0.25) is 0 Å². The summed E-state index contributed by atoms with van der Waals surface area (Å²) in [6, 6.07) is 0. The van der Waals surface area contributed by atoms with Gasteiger partial charge in [0.25, 0.3) is 0 Å². The SMILES string of the molecule is [As].[Ge].[Se].[Sr]. The van der Waals surface area contributed by atoms with Crippen LogP contribution in [0.25, 0.3) is 0 Å². The molecule has 0 atom stereocenters. The van der Waals surface area contributed by atoms with Gasteiger partial charge in [0.2, 0.25) is 0 Å². The number of rotatable bonds is 0. The summed E-state index contributed by atoms with van der Waals surface area (Å²) in [6.45, 7) is 0. The number of hydrogen-bond donors (Lipinski definition) is 0. The summed E-state index contributed by atoms with van der Waals surface area (Å²) >= 11 is 0. The van der Waals surface area contributed by atoms with Crippen molar-refractivity contribution in [2.45, 2.75) is 0 Å². The van der Waals surface area contributed by atoms with Crippen molar-refractivity contribution in [3.8, 4) is 0 Å². The van der Waals surface area contributed by atoms with Crippen molar-refractivity contribution in [1.29, 1.82) is 0 Å². The van der Waals surface area contributed by atoms with Crippen LogP contribution in [0, 0.1) is 0 Å².